The number of aryl methyl sites for hydroxylation is 1. The number of hydrogen-bond acceptors (Lipinski definition) is 6. The molecule has 1 heterocycles. The number of nitrogens with zero attached hydrogens (tertiary/aromatic N) is 1. The molecule has 0 unspecified atom stereocenters. The van der Waals surface area contributed by atoms with E-state index in [0.29, 0.717) is 21.5 Å². The predicted octanol–water partition coefficient (Wildman–Crippen LogP) is 3.97. The van der Waals surface area contributed by atoms with E-state index in [9.17, 15) is 19.7 Å². The van der Waals surface area contributed by atoms with E-state index in [-0.39, 0.29) is 17.9 Å². The highest BCUT2D eigenvalue weighted by atomic mass is 79.9. The fourth-order valence-electron chi connectivity index (χ4n) is 3.41. The van der Waals surface area contributed by atoms with Gasteiger partial charge in [-0.25, -0.2) is 4.79 Å². The van der Waals surface area contributed by atoms with Gasteiger partial charge in [0.2, 0.25) is 0 Å². The van der Waals surface area contributed by atoms with Crippen molar-refractivity contribution in [1.29, 1.82) is 0 Å². The normalized spacial score (nSPS) is 12.6. The molecule has 148 valence electrons. The number of non-ortho nitro benzene ring substituents is 1. The molecule has 1 amide bonds. The molecule has 29 heavy (non-hydrogen) atoms. The van der Waals surface area contributed by atoms with Crippen molar-refractivity contribution in [2.75, 3.05) is 11.9 Å². The van der Waals surface area contributed by atoms with Crippen LogP contribution < -0.4 is 15.7 Å². The van der Waals surface area contributed by atoms with Gasteiger partial charge >= 0.3 is 5.63 Å². The average molecular weight is 459 g/mol. The van der Waals surface area contributed by atoms with Crippen LogP contribution in [-0.4, -0.2) is 17.4 Å². The standard InChI is InChI=1S/C20H15BrN2O6/c21-16-8-11(23(26)27)4-7-17(16)22-19(24)10-28-12-5-6-14-13-2-1-3-15(13)20(25)29-18(14)9-12/h4-9H,1-3,10H2,(H,22,24). The monoisotopic (exact) mass is 458 g/mol. The lowest BCUT2D eigenvalue weighted by atomic mass is 10.1. The maximum Gasteiger partial charge on any atom is 0.339 e. The quantitative estimate of drug-likeness (QED) is 0.351. The summed E-state index contributed by atoms with van der Waals surface area (Å²) in [6.45, 7) is -0.274. The van der Waals surface area contributed by atoms with Gasteiger partial charge in [-0.1, -0.05) is 0 Å². The van der Waals surface area contributed by atoms with Crippen LogP contribution in [0.4, 0.5) is 11.4 Å². The Bertz CT molecular complexity index is 1200. The molecule has 4 rings (SSSR count). The van der Waals surface area contributed by atoms with Crippen molar-refractivity contribution in [3.63, 3.8) is 0 Å². The number of amides is 1. The van der Waals surface area contributed by atoms with Crippen molar-refractivity contribution in [3.8, 4) is 5.75 Å². The first kappa shape index (κ1) is 19.1. The number of benzene rings is 2. The van der Waals surface area contributed by atoms with Crippen LogP contribution in [0.5, 0.6) is 5.75 Å². The number of nitro benzene ring substituents is 1. The van der Waals surface area contributed by atoms with Crippen molar-refractivity contribution in [2.24, 2.45) is 0 Å². The number of carbonyl (C=O) groups excluding carboxylic acids is 1. The summed E-state index contributed by atoms with van der Waals surface area (Å²) < 4.78 is 11.3. The van der Waals surface area contributed by atoms with Crippen molar-refractivity contribution in [3.05, 3.63) is 72.5 Å². The molecular formula is C20H15BrN2O6. The molecule has 1 aliphatic carbocycles. The Balaban J connectivity index is 1.46. The summed E-state index contributed by atoms with van der Waals surface area (Å²) >= 11 is 3.20. The summed E-state index contributed by atoms with van der Waals surface area (Å²) in [6.07, 6.45) is 2.53. The molecule has 0 radical (unpaired) electrons. The largest absolute Gasteiger partial charge is 0.484 e. The van der Waals surface area contributed by atoms with Crippen LogP contribution >= 0.6 is 15.9 Å². The van der Waals surface area contributed by atoms with Crippen LogP contribution in [-0.2, 0) is 17.6 Å². The van der Waals surface area contributed by atoms with Crippen LogP contribution in [0.25, 0.3) is 11.0 Å². The summed E-state index contributed by atoms with van der Waals surface area (Å²) in [7, 11) is 0. The van der Waals surface area contributed by atoms with E-state index in [0.717, 1.165) is 35.8 Å². The molecule has 2 aromatic carbocycles. The lowest BCUT2D eigenvalue weighted by Crippen LogP contribution is -2.20. The van der Waals surface area contributed by atoms with E-state index in [1.807, 2.05) is 6.07 Å². The first-order chi connectivity index (χ1) is 13.9. The number of fused-ring (bicyclic) bond motifs is 3. The van der Waals surface area contributed by atoms with Crippen molar-refractivity contribution in [2.45, 2.75) is 19.3 Å². The van der Waals surface area contributed by atoms with Gasteiger partial charge in [-0.05, 0) is 59.0 Å². The van der Waals surface area contributed by atoms with E-state index in [1.165, 1.54) is 18.2 Å². The Morgan fingerprint density at radius 1 is 1.21 bits per heavy atom. The Hall–Kier alpha value is -3.20. The molecule has 0 bridgehead atoms. The highest BCUT2D eigenvalue weighted by molar-refractivity contribution is 9.10. The van der Waals surface area contributed by atoms with Crippen molar-refractivity contribution >= 4 is 44.2 Å². The molecule has 1 aliphatic rings. The topological polar surface area (TPSA) is 112 Å². The summed E-state index contributed by atoms with van der Waals surface area (Å²) in [6, 6.07) is 9.21. The van der Waals surface area contributed by atoms with Gasteiger partial charge in [0.05, 0.1) is 10.6 Å². The predicted molar refractivity (Wildman–Crippen MR) is 109 cm³/mol. The maximum absolute atomic E-state index is 12.2. The number of nitrogens with one attached hydrogen (secondary N) is 1. The van der Waals surface area contributed by atoms with Crippen molar-refractivity contribution < 1.29 is 18.9 Å². The first-order valence-electron chi connectivity index (χ1n) is 8.87. The minimum atomic E-state index is -0.521. The molecule has 0 spiro atoms. The fourth-order valence-corrected chi connectivity index (χ4v) is 3.87. The number of nitro groups is 1. The van der Waals surface area contributed by atoms with Crippen LogP contribution in [0.2, 0.25) is 0 Å². The van der Waals surface area contributed by atoms with Gasteiger partial charge in [-0.2, -0.15) is 0 Å². The zero-order valence-corrected chi connectivity index (χ0v) is 16.7. The van der Waals surface area contributed by atoms with Gasteiger partial charge in [0.15, 0.2) is 6.61 Å². The van der Waals surface area contributed by atoms with Gasteiger partial charge in [-0.3, -0.25) is 14.9 Å². The highest BCUT2D eigenvalue weighted by Gasteiger charge is 2.20. The van der Waals surface area contributed by atoms with Crippen molar-refractivity contribution in [1.82, 2.24) is 0 Å². The minimum Gasteiger partial charge on any atom is -0.484 e. The molecule has 3 aromatic rings. The number of rotatable bonds is 5. The second kappa shape index (κ2) is 7.67. The van der Waals surface area contributed by atoms with Gasteiger partial charge in [-0.15, -0.1) is 0 Å². The fraction of sp³-hybridized carbons (Fsp3) is 0.200. The zero-order valence-electron chi connectivity index (χ0n) is 15.1. The van der Waals surface area contributed by atoms with Gasteiger partial charge in [0.1, 0.15) is 11.3 Å². The number of halogens is 1. The Labute approximate surface area is 172 Å². The average Bonchev–Trinajstić information content (AvgIpc) is 3.18. The first-order valence-corrected chi connectivity index (χ1v) is 9.67. The molecule has 0 saturated heterocycles. The summed E-state index contributed by atoms with van der Waals surface area (Å²) in [5.74, 6) is -0.0356. The van der Waals surface area contributed by atoms with E-state index in [4.69, 9.17) is 9.15 Å². The summed E-state index contributed by atoms with van der Waals surface area (Å²) in [5, 5.41) is 14.3. The third-order valence-corrected chi connectivity index (χ3v) is 5.41. The molecule has 0 aliphatic heterocycles. The molecule has 8 nitrogen and oxygen atoms in total. The molecule has 0 fully saturated rings. The second-order valence-corrected chi connectivity index (χ2v) is 7.47. The third kappa shape index (κ3) is 3.86. The molecular weight excluding hydrogens is 444 g/mol. The second-order valence-electron chi connectivity index (χ2n) is 6.62. The molecule has 0 saturated carbocycles. The Morgan fingerprint density at radius 3 is 2.76 bits per heavy atom. The van der Waals surface area contributed by atoms with Gasteiger partial charge < -0.3 is 14.5 Å². The maximum atomic E-state index is 12.2. The summed E-state index contributed by atoms with van der Waals surface area (Å²) in [5.41, 5.74) is 2.21. The van der Waals surface area contributed by atoms with E-state index >= 15 is 0 Å². The molecule has 1 aromatic heterocycles. The van der Waals surface area contributed by atoms with Crippen LogP contribution in [0.3, 0.4) is 0 Å². The number of anilines is 1. The van der Waals surface area contributed by atoms with Crippen LogP contribution in [0.15, 0.2) is 50.1 Å². The SMILES string of the molecule is O=C(COc1ccc2c3c(c(=O)oc2c1)CCC3)Nc1ccc([N+](=O)[O-])cc1Br. The van der Waals surface area contributed by atoms with E-state index in [2.05, 4.69) is 21.2 Å². The Kier molecular flexibility index (Phi) is 5.06. The minimum absolute atomic E-state index is 0.0877. The van der Waals surface area contributed by atoms with E-state index < -0.39 is 10.8 Å². The lowest BCUT2D eigenvalue weighted by molar-refractivity contribution is -0.384. The molecule has 1 N–H and O–H groups in total. The highest BCUT2D eigenvalue weighted by Crippen LogP contribution is 2.30. The molecule has 0 atom stereocenters. The van der Waals surface area contributed by atoms with E-state index in [1.54, 1.807) is 12.1 Å². The van der Waals surface area contributed by atoms with Gasteiger partial charge in [0.25, 0.3) is 11.6 Å². The lowest BCUT2D eigenvalue weighted by Gasteiger charge is -2.10. The van der Waals surface area contributed by atoms with Crippen LogP contribution in [0, 0.1) is 10.1 Å². The summed E-state index contributed by atoms with van der Waals surface area (Å²) in [4.78, 5) is 34.5. The number of hydrogen-bond donors (Lipinski definition) is 1. The number of carbonyl (C=O) groups is 1. The van der Waals surface area contributed by atoms with Gasteiger partial charge in [0, 0.05) is 33.6 Å². The third-order valence-electron chi connectivity index (χ3n) is 4.75. The van der Waals surface area contributed by atoms with Crippen LogP contribution in [0.1, 0.15) is 17.5 Å². The zero-order chi connectivity index (χ0) is 20.5. The number of ether oxygens (including phenoxy) is 1. The smallest absolute Gasteiger partial charge is 0.339 e. The molecule has 9 heteroatoms. The Morgan fingerprint density at radius 2 is 2.00 bits per heavy atom.